The number of nitrogens with zero attached hydrogens (tertiary/aromatic N) is 1. The van der Waals surface area contributed by atoms with Crippen LogP contribution in [0.4, 0.5) is 17.1 Å². The predicted molar refractivity (Wildman–Crippen MR) is 151 cm³/mol. The molecule has 4 heteroatoms. The fourth-order valence-corrected chi connectivity index (χ4v) is 5.81. The lowest BCUT2D eigenvalue weighted by atomic mass is 9.83. The molecule has 1 aliphatic rings. The van der Waals surface area contributed by atoms with Gasteiger partial charge in [0.05, 0.1) is 5.69 Å². The van der Waals surface area contributed by atoms with Gasteiger partial charge < -0.3 is 10.0 Å². The molecule has 0 amide bonds. The SMILES string of the molecule is OC1(c2ccccc2N(c2ccccc2)c2ccccc2)c2cc(Br)ccc2-c2ccc(Br)cc21. The molecule has 0 heterocycles. The minimum absolute atomic E-state index is 0.823. The van der Waals surface area contributed by atoms with E-state index in [1.54, 1.807) is 0 Å². The highest BCUT2D eigenvalue weighted by molar-refractivity contribution is 9.10. The number of para-hydroxylation sites is 3. The van der Waals surface area contributed by atoms with Crippen molar-refractivity contribution in [3.8, 4) is 11.1 Å². The zero-order valence-corrected chi connectivity index (χ0v) is 21.9. The van der Waals surface area contributed by atoms with Gasteiger partial charge >= 0.3 is 0 Å². The van der Waals surface area contributed by atoms with Crippen LogP contribution in [0.25, 0.3) is 11.1 Å². The van der Waals surface area contributed by atoms with E-state index in [1.807, 2.05) is 78.9 Å². The second-order valence-corrected chi connectivity index (χ2v) is 10.4. The van der Waals surface area contributed by atoms with Gasteiger partial charge in [-0.05, 0) is 65.7 Å². The number of benzene rings is 5. The number of aliphatic hydroxyl groups is 1. The molecule has 170 valence electrons. The minimum Gasteiger partial charge on any atom is -0.376 e. The van der Waals surface area contributed by atoms with Crippen LogP contribution >= 0.6 is 31.9 Å². The van der Waals surface area contributed by atoms with Crippen LogP contribution in [0, 0.1) is 0 Å². The summed E-state index contributed by atoms with van der Waals surface area (Å²) in [5.74, 6) is 0. The van der Waals surface area contributed by atoms with Crippen molar-refractivity contribution in [1.29, 1.82) is 0 Å². The van der Waals surface area contributed by atoms with E-state index in [0.717, 1.165) is 53.8 Å². The number of hydrogen-bond acceptors (Lipinski definition) is 2. The summed E-state index contributed by atoms with van der Waals surface area (Å²) >= 11 is 7.28. The highest BCUT2D eigenvalue weighted by atomic mass is 79.9. The Bertz CT molecular complexity index is 1440. The fourth-order valence-electron chi connectivity index (χ4n) is 5.09. The van der Waals surface area contributed by atoms with Crippen molar-refractivity contribution in [1.82, 2.24) is 0 Å². The molecule has 5 aromatic carbocycles. The first-order valence-electron chi connectivity index (χ1n) is 11.4. The molecular weight excluding hydrogens is 562 g/mol. The molecule has 0 saturated carbocycles. The average Bonchev–Trinajstić information content (AvgIpc) is 3.14. The maximum absolute atomic E-state index is 12.8. The monoisotopic (exact) mass is 581 g/mol. The molecule has 0 spiro atoms. The largest absolute Gasteiger partial charge is 0.376 e. The second kappa shape index (κ2) is 8.80. The highest BCUT2D eigenvalue weighted by Crippen LogP contribution is 2.55. The summed E-state index contributed by atoms with van der Waals surface area (Å²) in [6.45, 7) is 0. The zero-order valence-electron chi connectivity index (χ0n) is 18.7. The molecule has 0 atom stereocenters. The third kappa shape index (κ3) is 3.64. The van der Waals surface area contributed by atoms with Gasteiger partial charge in [0.15, 0.2) is 0 Å². The number of anilines is 3. The van der Waals surface area contributed by atoms with Crippen LogP contribution in [-0.4, -0.2) is 5.11 Å². The van der Waals surface area contributed by atoms with Gasteiger partial charge in [-0.2, -0.15) is 0 Å². The number of hydrogen-bond donors (Lipinski definition) is 1. The normalized spacial score (nSPS) is 13.2. The van der Waals surface area contributed by atoms with Crippen LogP contribution in [0.5, 0.6) is 0 Å². The first kappa shape index (κ1) is 22.3. The van der Waals surface area contributed by atoms with Crippen molar-refractivity contribution in [2.45, 2.75) is 5.60 Å². The molecule has 2 nitrogen and oxygen atoms in total. The molecule has 0 fully saturated rings. The van der Waals surface area contributed by atoms with Crippen LogP contribution < -0.4 is 4.90 Å². The van der Waals surface area contributed by atoms with Crippen LogP contribution in [0.3, 0.4) is 0 Å². The van der Waals surface area contributed by atoms with E-state index in [1.165, 1.54) is 0 Å². The molecule has 1 N–H and O–H groups in total. The maximum Gasteiger partial charge on any atom is 0.143 e. The van der Waals surface area contributed by atoms with E-state index in [9.17, 15) is 5.11 Å². The lowest BCUT2D eigenvalue weighted by Crippen LogP contribution is -2.29. The summed E-state index contributed by atoms with van der Waals surface area (Å²) in [5.41, 5.74) is 6.28. The molecule has 1 aliphatic carbocycles. The molecule has 0 saturated heterocycles. The van der Waals surface area contributed by atoms with Crippen molar-refractivity contribution in [2.75, 3.05) is 4.90 Å². The van der Waals surface area contributed by atoms with E-state index >= 15 is 0 Å². The van der Waals surface area contributed by atoms with Crippen LogP contribution in [0.2, 0.25) is 0 Å². The van der Waals surface area contributed by atoms with Gasteiger partial charge in [-0.3, -0.25) is 0 Å². The Morgan fingerprint density at radius 3 is 1.49 bits per heavy atom. The fraction of sp³-hybridized carbons (Fsp3) is 0.0323. The lowest BCUT2D eigenvalue weighted by molar-refractivity contribution is 0.131. The van der Waals surface area contributed by atoms with E-state index in [2.05, 4.69) is 79.2 Å². The standard InChI is InChI=1S/C31H21Br2NO/c32-21-15-17-25-26-18-16-22(33)20-29(26)31(35,28(25)19-21)27-13-7-8-14-30(27)34(23-9-3-1-4-10-23)24-11-5-2-6-12-24/h1-20,35H. The smallest absolute Gasteiger partial charge is 0.143 e. The third-order valence-electron chi connectivity index (χ3n) is 6.60. The minimum atomic E-state index is -1.34. The number of fused-ring (bicyclic) bond motifs is 3. The molecule has 0 unspecified atom stereocenters. The quantitative estimate of drug-likeness (QED) is 0.228. The van der Waals surface area contributed by atoms with Gasteiger partial charge in [0.25, 0.3) is 0 Å². The number of rotatable bonds is 4. The average molecular weight is 583 g/mol. The van der Waals surface area contributed by atoms with E-state index in [0.29, 0.717) is 0 Å². The zero-order chi connectivity index (χ0) is 24.0. The van der Waals surface area contributed by atoms with Gasteiger partial charge in [-0.1, -0.05) is 98.6 Å². The maximum atomic E-state index is 12.8. The Kier molecular flexibility index (Phi) is 5.60. The van der Waals surface area contributed by atoms with E-state index in [4.69, 9.17) is 0 Å². The first-order chi connectivity index (χ1) is 17.1. The summed E-state index contributed by atoms with van der Waals surface area (Å²) < 4.78 is 1.86. The Morgan fingerprint density at radius 1 is 0.514 bits per heavy atom. The van der Waals surface area contributed by atoms with Crippen molar-refractivity contribution in [2.24, 2.45) is 0 Å². The predicted octanol–water partition coefficient (Wildman–Crippen LogP) is 8.95. The van der Waals surface area contributed by atoms with Gasteiger partial charge in [-0.25, -0.2) is 0 Å². The summed E-state index contributed by atoms with van der Waals surface area (Å²) in [5, 5.41) is 12.8. The molecule has 35 heavy (non-hydrogen) atoms. The topological polar surface area (TPSA) is 23.5 Å². The van der Waals surface area contributed by atoms with Crippen LogP contribution in [0.15, 0.2) is 130 Å². The van der Waals surface area contributed by atoms with Crippen molar-refractivity contribution in [3.63, 3.8) is 0 Å². The van der Waals surface area contributed by atoms with Crippen LogP contribution in [-0.2, 0) is 5.60 Å². The highest BCUT2D eigenvalue weighted by Gasteiger charge is 2.45. The summed E-state index contributed by atoms with van der Waals surface area (Å²) in [4.78, 5) is 2.21. The first-order valence-corrected chi connectivity index (χ1v) is 13.0. The van der Waals surface area contributed by atoms with E-state index < -0.39 is 5.60 Å². The molecule has 0 aromatic heterocycles. The Hall–Kier alpha value is -3.18. The Balaban J connectivity index is 1.67. The molecule has 0 bridgehead atoms. The van der Waals surface area contributed by atoms with E-state index in [-0.39, 0.29) is 0 Å². The molecule has 0 aliphatic heterocycles. The second-order valence-electron chi connectivity index (χ2n) is 8.61. The van der Waals surface area contributed by atoms with Crippen molar-refractivity contribution < 1.29 is 5.11 Å². The molecule has 5 aromatic rings. The van der Waals surface area contributed by atoms with Gasteiger partial charge in [0.2, 0.25) is 0 Å². The number of halogens is 2. The molecule has 6 rings (SSSR count). The Morgan fingerprint density at radius 2 is 0.971 bits per heavy atom. The van der Waals surface area contributed by atoms with Gasteiger partial charge in [0, 0.05) is 37.0 Å². The van der Waals surface area contributed by atoms with Crippen molar-refractivity contribution in [3.05, 3.63) is 147 Å². The Labute approximate surface area is 221 Å². The summed E-state index contributed by atoms with van der Waals surface area (Å²) in [6, 6.07) is 41.0. The van der Waals surface area contributed by atoms with Gasteiger partial charge in [0.1, 0.15) is 5.60 Å². The molecule has 0 radical (unpaired) electrons. The van der Waals surface area contributed by atoms with Crippen LogP contribution in [0.1, 0.15) is 16.7 Å². The van der Waals surface area contributed by atoms with Gasteiger partial charge in [-0.15, -0.1) is 0 Å². The summed E-state index contributed by atoms with van der Waals surface area (Å²) in [7, 11) is 0. The summed E-state index contributed by atoms with van der Waals surface area (Å²) in [6.07, 6.45) is 0. The lowest BCUT2D eigenvalue weighted by Gasteiger charge is -2.34. The van der Waals surface area contributed by atoms with Crippen molar-refractivity contribution >= 4 is 48.9 Å². The molecular formula is C31H21Br2NO. The third-order valence-corrected chi connectivity index (χ3v) is 7.58.